The Morgan fingerprint density at radius 2 is 1.92 bits per heavy atom. The van der Waals surface area contributed by atoms with E-state index in [2.05, 4.69) is 20.8 Å². The van der Waals surface area contributed by atoms with Gasteiger partial charge < -0.3 is 5.11 Å². The lowest BCUT2D eigenvalue weighted by Crippen LogP contribution is -2.53. The number of carboxylic acid groups (broad SMARTS) is 1. The predicted molar refractivity (Wildman–Crippen MR) is 92.4 cm³/mol. The highest BCUT2D eigenvalue weighted by atomic mass is 16.4. The van der Waals surface area contributed by atoms with E-state index in [0.717, 1.165) is 38.5 Å². The smallest absolute Gasteiger partial charge is 0.307 e. The van der Waals surface area contributed by atoms with E-state index < -0.39 is 5.97 Å². The van der Waals surface area contributed by atoms with Crippen molar-refractivity contribution in [1.82, 2.24) is 0 Å². The summed E-state index contributed by atoms with van der Waals surface area (Å²) in [5.41, 5.74) is 1.53. The van der Waals surface area contributed by atoms with E-state index in [-0.39, 0.29) is 16.7 Å². The molecule has 132 valence electrons. The van der Waals surface area contributed by atoms with Crippen LogP contribution < -0.4 is 0 Å². The van der Waals surface area contributed by atoms with Gasteiger partial charge in [0.15, 0.2) is 5.78 Å². The van der Waals surface area contributed by atoms with Gasteiger partial charge in [0.25, 0.3) is 0 Å². The first kappa shape index (κ1) is 16.4. The molecule has 0 aromatic rings. The average Bonchev–Trinajstić information content (AvgIpc) is 2.86. The zero-order valence-electron chi connectivity index (χ0n) is 15.2. The molecular weight excluding hydrogens is 300 g/mol. The van der Waals surface area contributed by atoms with Crippen molar-refractivity contribution in [3.8, 4) is 0 Å². The summed E-state index contributed by atoms with van der Waals surface area (Å²) in [5.74, 6) is 1.81. The lowest BCUT2D eigenvalue weighted by Gasteiger charge is -2.59. The Bertz CT molecular complexity index is 621. The standard InChI is InChI=1S/C21H30O3/c1-12-10-14(22)11-13-4-5-15-16-6-7-18(19(23)24)20(16,2)9-8-17(15)21(12,13)3/h11-12,15-18H,4-10H2,1-3H3,(H,23,24)/t12?,15-,16-,17-,18?,20-,21-/m0/s1. The van der Waals surface area contributed by atoms with Gasteiger partial charge >= 0.3 is 5.97 Å². The van der Waals surface area contributed by atoms with E-state index in [9.17, 15) is 14.7 Å². The molecule has 0 radical (unpaired) electrons. The molecule has 4 aliphatic rings. The second-order valence-corrected chi connectivity index (χ2v) is 9.45. The molecule has 4 rings (SSSR count). The summed E-state index contributed by atoms with van der Waals surface area (Å²) in [6.45, 7) is 6.91. The fourth-order valence-electron chi connectivity index (χ4n) is 7.35. The molecule has 3 heteroatoms. The average molecular weight is 330 g/mol. The van der Waals surface area contributed by atoms with Gasteiger partial charge in [-0.1, -0.05) is 26.3 Å². The van der Waals surface area contributed by atoms with Crippen molar-refractivity contribution >= 4 is 11.8 Å². The van der Waals surface area contributed by atoms with E-state index in [1.807, 2.05) is 6.08 Å². The van der Waals surface area contributed by atoms with E-state index >= 15 is 0 Å². The molecule has 7 atom stereocenters. The molecule has 0 spiro atoms. The van der Waals surface area contributed by atoms with E-state index in [4.69, 9.17) is 0 Å². The van der Waals surface area contributed by atoms with E-state index in [1.54, 1.807) is 0 Å². The van der Waals surface area contributed by atoms with Crippen molar-refractivity contribution in [3.05, 3.63) is 11.6 Å². The lowest BCUT2D eigenvalue weighted by molar-refractivity contribution is -0.149. The SMILES string of the molecule is CC1CC(=O)C=C2CC[C@H]3[C@@H]4CCC(C(=O)O)[C@@]4(C)CC[C@@H]3[C@]21C. The van der Waals surface area contributed by atoms with Crippen molar-refractivity contribution in [1.29, 1.82) is 0 Å². The fraction of sp³-hybridized carbons (Fsp3) is 0.810. The number of rotatable bonds is 1. The third-order valence-electron chi connectivity index (χ3n) is 8.81. The second-order valence-electron chi connectivity index (χ2n) is 9.45. The zero-order chi connectivity index (χ0) is 17.3. The topological polar surface area (TPSA) is 54.4 Å². The molecule has 1 N–H and O–H groups in total. The molecule has 2 unspecified atom stereocenters. The molecule has 0 aliphatic heterocycles. The number of carbonyl (C=O) groups is 2. The maximum absolute atomic E-state index is 12.0. The molecule has 0 heterocycles. The Labute approximate surface area is 144 Å². The zero-order valence-corrected chi connectivity index (χ0v) is 15.2. The number of hydrogen-bond donors (Lipinski definition) is 1. The van der Waals surface area contributed by atoms with Gasteiger partial charge in [-0.2, -0.15) is 0 Å². The summed E-state index contributed by atoms with van der Waals surface area (Å²) in [5, 5.41) is 9.68. The van der Waals surface area contributed by atoms with Crippen molar-refractivity contribution in [2.45, 2.75) is 65.7 Å². The molecule has 0 saturated heterocycles. The number of allylic oxidation sites excluding steroid dienone is 1. The van der Waals surface area contributed by atoms with Crippen LogP contribution in [0.2, 0.25) is 0 Å². The van der Waals surface area contributed by atoms with Gasteiger partial charge in [0.05, 0.1) is 5.92 Å². The van der Waals surface area contributed by atoms with E-state index in [1.165, 1.54) is 5.57 Å². The predicted octanol–water partition coefficient (Wildman–Crippen LogP) is 4.47. The van der Waals surface area contributed by atoms with Crippen molar-refractivity contribution < 1.29 is 14.7 Å². The first-order valence-electron chi connectivity index (χ1n) is 9.75. The number of carboxylic acids is 1. The van der Waals surface area contributed by atoms with Crippen LogP contribution in [-0.2, 0) is 9.59 Å². The highest BCUT2D eigenvalue weighted by molar-refractivity contribution is 5.92. The monoisotopic (exact) mass is 330 g/mol. The number of aliphatic carboxylic acids is 1. The summed E-state index contributed by atoms with van der Waals surface area (Å²) < 4.78 is 0. The van der Waals surface area contributed by atoms with Crippen molar-refractivity contribution in [2.24, 2.45) is 40.4 Å². The Morgan fingerprint density at radius 1 is 1.17 bits per heavy atom. The third-order valence-corrected chi connectivity index (χ3v) is 8.81. The maximum Gasteiger partial charge on any atom is 0.307 e. The summed E-state index contributed by atoms with van der Waals surface area (Å²) >= 11 is 0. The molecule has 0 amide bonds. The Kier molecular flexibility index (Phi) is 3.54. The van der Waals surface area contributed by atoms with Crippen LogP contribution in [0.4, 0.5) is 0 Å². The van der Waals surface area contributed by atoms with Crippen LogP contribution in [-0.4, -0.2) is 16.9 Å². The molecular formula is C21H30O3. The van der Waals surface area contributed by atoms with Crippen molar-refractivity contribution in [3.63, 3.8) is 0 Å². The lowest BCUT2D eigenvalue weighted by atomic mass is 9.45. The quantitative estimate of drug-likeness (QED) is 0.772. The Hall–Kier alpha value is -1.12. The van der Waals surface area contributed by atoms with Crippen molar-refractivity contribution in [2.75, 3.05) is 0 Å². The van der Waals surface area contributed by atoms with Gasteiger partial charge in [0, 0.05) is 6.42 Å². The van der Waals surface area contributed by atoms with Crippen LogP contribution in [0.3, 0.4) is 0 Å². The van der Waals surface area contributed by atoms with Gasteiger partial charge in [0.1, 0.15) is 0 Å². The highest BCUT2D eigenvalue weighted by Crippen LogP contribution is 2.67. The Morgan fingerprint density at radius 3 is 2.62 bits per heavy atom. The molecule has 0 aromatic carbocycles. The number of carbonyl (C=O) groups excluding carboxylic acids is 1. The minimum absolute atomic E-state index is 0.0156. The number of fused-ring (bicyclic) bond motifs is 5. The Balaban J connectivity index is 1.70. The maximum atomic E-state index is 12.0. The van der Waals surface area contributed by atoms with Crippen LogP contribution >= 0.6 is 0 Å². The van der Waals surface area contributed by atoms with Crippen LogP contribution in [0.15, 0.2) is 11.6 Å². The highest BCUT2D eigenvalue weighted by Gasteiger charge is 2.61. The van der Waals surface area contributed by atoms with Gasteiger partial charge in [-0.05, 0) is 79.1 Å². The minimum Gasteiger partial charge on any atom is -0.481 e. The van der Waals surface area contributed by atoms with Crippen LogP contribution in [0.5, 0.6) is 0 Å². The minimum atomic E-state index is -0.585. The molecule has 3 nitrogen and oxygen atoms in total. The third kappa shape index (κ3) is 1.96. The molecule has 4 aliphatic carbocycles. The van der Waals surface area contributed by atoms with Gasteiger partial charge in [-0.15, -0.1) is 0 Å². The molecule has 3 fully saturated rings. The van der Waals surface area contributed by atoms with Crippen LogP contribution in [0.25, 0.3) is 0 Å². The fourth-order valence-corrected chi connectivity index (χ4v) is 7.35. The largest absolute Gasteiger partial charge is 0.481 e. The van der Waals surface area contributed by atoms with Crippen LogP contribution in [0, 0.1) is 40.4 Å². The summed E-state index contributed by atoms with van der Waals surface area (Å²) in [6, 6.07) is 0. The molecule has 24 heavy (non-hydrogen) atoms. The first-order chi connectivity index (χ1) is 11.3. The summed E-state index contributed by atoms with van der Waals surface area (Å²) in [4.78, 5) is 23.8. The van der Waals surface area contributed by atoms with Gasteiger partial charge in [-0.25, -0.2) is 0 Å². The number of ketones is 1. The molecule has 0 aromatic heterocycles. The summed E-state index contributed by atoms with van der Waals surface area (Å²) in [7, 11) is 0. The second kappa shape index (κ2) is 5.19. The normalized spacial score (nSPS) is 50.5. The van der Waals surface area contributed by atoms with Crippen LogP contribution in [0.1, 0.15) is 65.7 Å². The first-order valence-corrected chi connectivity index (χ1v) is 9.75. The van der Waals surface area contributed by atoms with E-state index in [0.29, 0.717) is 35.9 Å². The summed E-state index contributed by atoms with van der Waals surface area (Å²) in [6.07, 6.45) is 8.94. The van der Waals surface area contributed by atoms with Gasteiger partial charge in [0.2, 0.25) is 0 Å². The molecule has 0 bridgehead atoms. The number of hydrogen-bond acceptors (Lipinski definition) is 2. The molecule has 3 saturated carbocycles. The van der Waals surface area contributed by atoms with Gasteiger partial charge in [-0.3, -0.25) is 9.59 Å².